The van der Waals surface area contributed by atoms with Crippen LogP contribution in [0.25, 0.3) is 0 Å². The number of pyridine rings is 1. The van der Waals surface area contributed by atoms with Crippen LogP contribution in [0.5, 0.6) is 11.8 Å². The van der Waals surface area contributed by atoms with E-state index in [2.05, 4.69) is 10.1 Å². The molecule has 0 saturated carbocycles. The summed E-state index contributed by atoms with van der Waals surface area (Å²) in [5, 5.41) is 4.40. The lowest BCUT2D eigenvalue weighted by molar-refractivity contribution is 0.0780. The molecule has 2 heterocycles. The Morgan fingerprint density at radius 3 is 2.61 bits per heavy atom. The second-order valence-corrected chi connectivity index (χ2v) is 5.17. The van der Waals surface area contributed by atoms with Gasteiger partial charge in [0.05, 0.1) is 19.9 Å². The van der Waals surface area contributed by atoms with Crippen molar-refractivity contribution in [1.29, 1.82) is 0 Å². The first-order valence-corrected chi connectivity index (χ1v) is 7.37. The zero-order valence-corrected chi connectivity index (χ0v) is 14.2. The summed E-state index contributed by atoms with van der Waals surface area (Å²) < 4.78 is 12.1. The molecular weight excluding hydrogens is 296 g/mol. The Morgan fingerprint density at radius 2 is 2.04 bits per heavy atom. The summed E-state index contributed by atoms with van der Waals surface area (Å²) in [7, 11) is 4.74. The van der Waals surface area contributed by atoms with Crippen LogP contribution in [0.3, 0.4) is 0 Å². The van der Waals surface area contributed by atoms with Crippen LogP contribution >= 0.6 is 0 Å². The first kappa shape index (κ1) is 16.8. The lowest BCUT2D eigenvalue weighted by Crippen LogP contribution is -2.27. The van der Waals surface area contributed by atoms with E-state index in [1.54, 1.807) is 24.1 Å². The van der Waals surface area contributed by atoms with Crippen molar-refractivity contribution >= 4 is 5.91 Å². The number of carbonyl (C=O) groups excluding carboxylic acids is 1. The van der Waals surface area contributed by atoms with Gasteiger partial charge in [-0.05, 0) is 19.9 Å². The topological polar surface area (TPSA) is 69.5 Å². The zero-order chi connectivity index (χ0) is 17.0. The molecule has 0 fully saturated rings. The third-order valence-electron chi connectivity index (χ3n) is 3.59. The fraction of sp³-hybridized carbons (Fsp3) is 0.438. The van der Waals surface area contributed by atoms with Crippen molar-refractivity contribution in [1.82, 2.24) is 19.7 Å². The number of amides is 1. The number of rotatable bonds is 6. The van der Waals surface area contributed by atoms with Crippen molar-refractivity contribution in [3.05, 3.63) is 35.2 Å². The highest BCUT2D eigenvalue weighted by molar-refractivity contribution is 5.96. The lowest BCUT2D eigenvalue weighted by Gasteiger charge is -2.18. The van der Waals surface area contributed by atoms with Crippen molar-refractivity contribution < 1.29 is 14.3 Å². The van der Waals surface area contributed by atoms with Crippen LogP contribution in [-0.2, 0) is 13.1 Å². The van der Waals surface area contributed by atoms with Crippen molar-refractivity contribution in [2.24, 2.45) is 0 Å². The van der Waals surface area contributed by atoms with Gasteiger partial charge in [0.2, 0.25) is 11.8 Å². The Bertz CT molecular complexity index is 697. The predicted molar refractivity (Wildman–Crippen MR) is 85.8 cm³/mol. The Balaban J connectivity index is 2.20. The molecule has 0 atom stereocenters. The fourth-order valence-electron chi connectivity index (χ4n) is 2.26. The molecule has 0 aliphatic heterocycles. The van der Waals surface area contributed by atoms with Gasteiger partial charge >= 0.3 is 0 Å². The SMILES string of the molecule is CCn1cc(CN(C)C(=O)c2ccc(OC)nc2OC)c(C)n1. The smallest absolute Gasteiger partial charge is 0.259 e. The molecule has 1 amide bonds. The highest BCUT2D eigenvalue weighted by Crippen LogP contribution is 2.22. The minimum atomic E-state index is -0.166. The van der Waals surface area contributed by atoms with E-state index in [0.717, 1.165) is 17.8 Å². The van der Waals surface area contributed by atoms with Gasteiger partial charge in [-0.25, -0.2) is 0 Å². The molecule has 0 N–H and O–H groups in total. The fourth-order valence-corrected chi connectivity index (χ4v) is 2.26. The lowest BCUT2D eigenvalue weighted by atomic mass is 10.2. The van der Waals surface area contributed by atoms with E-state index in [4.69, 9.17) is 9.47 Å². The minimum Gasteiger partial charge on any atom is -0.481 e. The molecule has 23 heavy (non-hydrogen) atoms. The normalized spacial score (nSPS) is 10.5. The summed E-state index contributed by atoms with van der Waals surface area (Å²) in [4.78, 5) is 18.4. The maximum atomic E-state index is 12.7. The number of aryl methyl sites for hydroxylation is 2. The minimum absolute atomic E-state index is 0.166. The molecule has 2 aromatic heterocycles. The third-order valence-corrected chi connectivity index (χ3v) is 3.59. The number of nitrogens with zero attached hydrogens (tertiary/aromatic N) is 4. The molecule has 7 nitrogen and oxygen atoms in total. The molecule has 0 unspecified atom stereocenters. The van der Waals surface area contributed by atoms with E-state index in [9.17, 15) is 4.79 Å². The second kappa shape index (κ2) is 7.13. The van der Waals surface area contributed by atoms with Gasteiger partial charge in [0.15, 0.2) is 0 Å². The molecule has 0 radical (unpaired) electrons. The molecule has 0 aliphatic carbocycles. The van der Waals surface area contributed by atoms with Crippen LogP contribution in [0, 0.1) is 6.92 Å². The average Bonchev–Trinajstić information content (AvgIpc) is 2.93. The number of hydrogen-bond donors (Lipinski definition) is 0. The van der Waals surface area contributed by atoms with Crippen molar-refractivity contribution in [2.45, 2.75) is 26.9 Å². The van der Waals surface area contributed by atoms with Crippen LogP contribution in [0.15, 0.2) is 18.3 Å². The van der Waals surface area contributed by atoms with Crippen LogP contribution in [0.1, 0.15) is 28.5 Å². The van der Waals surface area contributed by atoms with E-state index in [0.29, 0.717) is 18.0 Å². The largest absolute Gasteiger partial charge is 0.481 e. The van der Waals surface area contributed by atoms with E-state index < -0.39 is 0 Å². The highest BCUT2D eigenvalue weighted by Gasteiger charge is 2.20. The van der Waals surface area contributed by atoms with Crippen LogP contribution < -0.4 is 9.47 Å². The summed E-state index contributed by atoms with van der Waals surface area (Å²) >= 11 is 0. The molecular formula is C16H22N4O3. The van der Waals surface area contributed by atoms with Gasteiger partial charge in [-0.1, -0.05) is 0 Å². The molecule has 124 valence electrons. The van der Waals surface area contributed by atoms with Gasteiger partial charge in [0.25, 0.3) is 5.91 Å². The maximum absolute atomic E-state index is 12.7. The summed E-state index contributed by atoms with van der Waals surface area (Å²) in [6.07, 6.45) is 1.96. The van der Waals surface area contributed by atoms with Crippen molar-refractivity contribution in [2.75, 3.05) is 21.3 Å². The van der Waals surface area contributed by atoms with Gasteiger partial charge in [-0.2, -0.15) is 10.1 Å². The average molecular weight is 318 g/mol. The molecule has 0 spiro atoms. The number of aromatic nitrogens is 3. The first-order chi connectivity index (χ1) is 11.0. The first-order valence-electron chi connectivity index (χ1n) is 7.37. The van der Waals surface area contributed by atoms with Crippen molar-refractivity contribution in [3.63, 3.8) is 0 Å². The standard InChI is InChI=1S/C16H22N4O3/c1-6-20-10-12(11(2)18-20)9-19(3)16(21)13-7-8-14(22-4)17-15(13)23-5/h7-8,10H,6,9H2,1-5H3. The summed E-state index contributed by atoms with van der Waals surface area (Å²) in [6.45, 7) is 5.24. The number of hydrogen-bond acceptors (Lipinski definition) is 5. The van der Waals surface area contributed by atoms with Gasteiger partial charge < -0.3 is 14.4 Å². The molecule has 0 saturated heterocycles. The van der Waals surface area contributed by atoms with Gasteiger partial charge in [0.1, 0.15) is 5.56 Å². The quantitative estimate of drug-likeness (QED) is 0.813. The van der Waals surface area contributed by atoms with Gasteiger partial charge in [-0.3, -0.25) is 9.48 Å². The Morgan fingerprint density at radius 1 is 1.30 bits per heavy atom. The Kier molecular flexibility index (Phi) is 5.20. The number of methoxy groups -OCH3 is 2. The van der Waals surface area contributed by atoms with Gasteiger partial charge in [-0.15, -0.1) is 0 Å². The monoisotopic (exact) mass is 318 g/mol. The Hall–Kier alpha value is -2.57. The Labute approximate surface area is 135 Å². The number of ether oxygens (including phenoxy) is 2. The molecule has 7 heteroatoms. The van der Waals surface area contributed by atoms with E-state index in [-0.39, 0.29) is 11.8 Å². The van der Waals surface area contributed by atoms with Crippen LogP contribution in [0.2, 0.25) is 0 Å². The van der Waals surface area contributed by atoms with E-state index in [1.807, 2.05) is 24.7 Å². The predicted octanol–water partition coefficient (Wildman–Crippen LogP) is 1.90. The number of carbonyl (C=O) groups is 1. The molecule has 2 rings (SSSR count). The molecule has 0 aliphatic rings. The summed E-state index contributed by atoms with van der Waals surface area (Å²) in [6, 6.07) is 3.30. The maximum Gasteiger partial charge on any atom is 0.259 e. The molecule has 2 aromatic rings. The second-order valence-electron chi connectivity index (χ2n) is 5.17. The van der Waals surface area contributed by atoms with Crippen molar-refractivity contribution in [3.8, 4) is 11.8 Å². The van der Waals surface area contributed by atoms with E-state index >= 15 is 0 Å². The third kappa shape index (κ3) is 3.61. The summed E-state index contributed by atoms with van der Waals surface area (Å²) in [5.41, 5.74) is 2.34. The molecule has 0 bridgehead atoms. The zero-order valence-electron chi connectivity index (χ0n) is 14.2. The van der Waals surface area contributed by atoms with Gasteiger partial charge in [0, 0.05) is 38.0 Å². The van der Waals surface area contributed by atoms with Crippen LogP contribution in [0.4, 0.5) is 0 Å². The molecule has 0 aromatic carbocycles. The van der Waals surface area contributed by atoms with E-state index in [1.165, 1.54) is 14.2 Å². The summed E-state index contributed by atoms with van der Waals surface area (Å²) in [5.74, 6) is 0.490. The van der Waals surface area contributed by atoms with Crippen LogP contribution in [-0.4, -0.2) is 46.8 Å². The highest BCUT2D eigenvalue weighted by atomic mass is 16.5.